The normalized spacial score (nSPS) is 17.7. The first kappa shape index (κ1) is 13.8. The minimum Gasteiger partial charge on any atom is -0.301 e. The Morgan fingerprint density at radius 2 is 1.80 bits per heavy atom. The number of hydrogen-bond acceptors (Lipinski definition) is 3. The van der Waals surface area contributed by atoms with Crippen LogP contribution in [0.4, 0.5) is 0 Å². The first-order valence-corrected chi connectivity index (χ1v) is 7.63. The maximum atomic E-state index is 6.33. The zero-order valence-corrected chi connectivity index (χ0v) is 12.6. The Hall–Kier alpha value is -1.16. The summed E-state index contributed by atoms with van der Waals surface area (Å²) >= 11 is 6.33. The maximum absolute atomic E-state index is 6.33. The number of para-hydroxylation sites is 1. The van der Waals surface area contributed by atoms with Crippen molar-refractivity contribution >= 4 is 22.5 Å². The molecule has 1 fully saturated rings. The van der Waals surface area contributed by atoms with Gasteiger partial charge < -0.3 is 4.90 Å². The lowest BCUT2D eigenvalue weighted by molar-refractivity contribution is 0.132. The number of benzene rings is 1. The molecule has 2 heterocycles. The van der Waals surface area contributed by atoms with Crippen LogP contribution in [0.2, 0.25) is 5.15 Å². The highest BCUT2D eigenvalue weighted by atomic mass is 35.5. The predicted octanol–water partition coefficient (Wildman–Crippen LogP) is 3.03. The van der Waals surface area contributed by atoms with Crippen LogP contribution < -0.4 is 0 Å². The zero-order valence-electron chi connectivity index (χ0n) is 11.8. The van der Waals surface area contributed by atoms with Crippen LogP contribution in [0, 0.1) is 0 Å². The second kappa shape index (κ2) is 6.08. The van der Waals surface area contributed by atoms with E-state index in [2.05, 4.69) is 33.8 Å². The average molecular weight is 290 g/mol. The van der Waals surface area contributed by atoms with Crippen molar-refractivity contribution < 1.29 is 0 Å². The molecule has 3 rings (SSSR count). The van der Waals surface area contributed by atoms with Crippen LogP contribution in [0.25, 0.3) is 10.9 Å². The molecule has 106 valence electrons. The van der Waals surface area contributed by atoms with Gasteiger partial charge >= 0.3 is 0 Å². The molecule has 0 aliphatic carbocycles. The first-order valence-electron chi connectivity index (χ1n) is 7.25. The second-order valence-corrected chi connectivity index (χ2v) is 5.70. The molecular weight excluding hydrogens is 270 g/mol. The molecule has 1 saturated heterocycles. The number of halogens is 1. The van der Waals surface area contributed by atoms with Crippen molar-refractivity contribution in [2.75, 3.05) is 32.7 Å². The van der Waals surface area contributed by atoms with Crippen LogP contribution in [-0.4, -0.2) is 47.5 Å². The summed E-state index contributed by atoms with van der Waals surface area (Å²) in [6.45, 7) is 8.78. The minimum atomic E-state index is 0.640. The molecule has 0 saturated carbocycles. The number of piperazine rings is 1. The minimum absolute atomic E-state index is 0.640. The van der Waals surface area contributed by atoms with Gasteiger partial charge in [0.1, 0.15) is 5.15 Å². The monoisotopic (exact) mass is 289 g/mol. The van der Waals surface area contributed by atoms with E-state index in [9.17, 15) is 0 Å². The van der Waals surface area contributed by atoms with Gasteiger partial charge in [0.15, 0.2) is 0 Å². The Labute approximate surface area is 125 Å². The molecule has 0 N–H and O–H groups in total. The van der Waals surface area contributed by atoms with Gasteiger partial charge in [-0.2, -0.15) is 0 Å². The maximum Gasteiger partial charge on any atom is 0.134 e. The Morgan fingerprint density at radius 3 is 2.55 bits per heavy atom. The van der Waals surface area contributed by atoms with E-state index in [1.165, 1.54) is 5.39 Å². The molecule has 3 nitrogen and oxygen atoms in total. The van der Waals surface area contributed by atoms with Crippen LogP contribution in [0.5, 0.6) is 0 Å². The van der Waals surface area contributed by atoms with Crippen LogP contribution in [0.1, 0.15) is 12.5 Å². The number of fused-ring (bicyclic) bond motifs is 1. The van der Waals surface area contributed by atoms with Crippen molar-refractivity contribution in [3.05, 3.63) is 41.0 Å². The third kappa shape index (κ3) is 2.95. The summed E-state index contributed by atoms with van der Waals surface area (Å²) in [4.78, 5) is 9.45. The van der Waals surface area contributed by atoms with Gasteiger partial charge in [0.25, 0.3) is 0 Å². The molecule has 0 spiro atoms. The van der Waals surface area contributed by atoms with E-state index >= 15 is 0 Å². The molecule has 0 unspecified atom stereocenters. The number of aromatic nitrogens is 1. The lowest BCUT2D eigenvalue weighted by Gasteiger charge is -2.34. The molecule has 0 bridgehead atoms. The molecule has 4 heteroatoms. The first-order chi connectivity index (χ1) is 9.76. The fraction of sp³-hybridized carbons (Fsp3) is 0.438. The summed E-state index contributed by atoms with van der Waals surface area (Å²) in [5, 5.41) is 1.81. The van der Waals surface area contributed by atoms with Crippen LogP contribution >= 0.6 is 11.6 Å². The molecular formula is C16H20ClN3. The number of hydrogen-bond donors (Lipinski definition) is 0. The topological polar surface area (TPSA) is 19.4 Å². The highest BCUT2D eigenvalue weighted by Gasteiger charge is 2.17. The lowest BCUT2D eigenvalue weighted by Crippen LogP contribution is -2.45. The van der Waals surface area contributed by atoms with E-state index in [0.717, 1.165) is 50.3 Å². The highest BCUT2D eigenvalue weighted by Crippen LogP contribution is 2.22. The van der Waals surface area contributed by atoms with Crippen molar-refractivity contribution in [2.45, 2.75) is 13.5 Å². The van der Waals surface area contributed by atoms with Gasteiger partial charge in [-0.15, -0.1) is 0 Å². The van der Waals surface area contributed by atoms with Gasteiger partial charge in [-0.3, -0.25) is 4.90 Å². The SMILES string of the molecule is CCN1CCN(Cc2cc3ccccc3nc2Cl)CC1. The number of rotatable bonds is 3. The average Bonchev–Trinajstić information content (AvgIpc) is 2.49. The van der Waals surface area contributed by atoms with E-state index in [0.29, 0.717) is 5.15 Å². The summed E-state index contributed by atoms with van der Waals surface area (Å²) in [5.41, 5.74) is 2.10. The Kier molecular flexibility index (Phi) is 4.20. The lowest BCUT2D eigenvalue weighted by atomic mass is 10.1. The number of nitrogens with zero attached hydrogens (tertiary/aromatic N) is 3. The summed E-state index contributed by atoms with van der Waals surface area (Å²) in [6.07, 6.45) is 0. The van der Waals surface area contributed by atoms with Gasteiger partial charge in [0.05, 0.1) is 5.52 Å². The van der Waals surface area contributed by atoms with Gasteiger partial charge in [-0.25, -0.2) is 4.98 Å². The molecule has 1 aromatic heterocycles. The van der Waals surface area contributed by atoms with Crippen molar-refractivity contribution in [1.29, 1.82) is 0 Å². The van der Waals surface area contributed by atoms with Crippen molar-refractivity contribution in [3.63, 3.8) is 0 Å². The molecule has 0 radical (unpaired) electrons. The Morgan fingerprint density at radius 1 is 1.10 bits per heavy atom. The molecule has 1 aromatic carbocycles. The number of pyridine rings is 1. The quantitative estimate of drug-likeness (QED) is 0.810. The molecule has 2 aromatic rings. The van der Waals surface area contributed by atoms with E-state index in [1.807, 2.05) is 18.2 Å². The summed E-state index contributed by atoms with van der Waals surface area (Å²) < 4.78 is 0. The smallest absolute Gasteiger partial charge is 0.134 e. The summed E-state index contributed by atoms with van der Waals surface area (Å²) in [6, 6.07) is 10.3. The summed E-state index contributed by atoms with van der Waals surface area (Å²) in [5.74, 6) is 0. The fourth-order valence-electron chi connectivity index (χ4n) is 2.75. The van der Waals surface area contributed by atoms with Crippen LogP contribution in [0.3, 0.4) is 0 Å². The van der Waals surface area contributed by atoms with E-state index < -0.39 is 0 Å². The number of likely N-dealkylation sites (N-methyl/N-ethyl adjacent to an activating group) is 1. The fourth-order valence-corrected chi connectivity index (χ4v) is 2.96. The van der Waals surface area contributed by atoms with Crippen molar-refractivity contribution in [3.8, 4) is 0 Å². The summed E-state index contributed by atoms with van der Waals surface area (Å²) in [7, 11) is 0. The van der Waals surface area contributed by atoms with Crippen molar-refractivity contribution in [2.24, 2.45) is 0 Å². The van der Waals surface area contributed by atoms with Gasteiger partial charge in [-0.1, -0.05) is 36.7 Å². The Balaban J connectivity index is 1.76. The molecule has 1 aliphatic heterocycles. The standard InChI is InChI=1S/C16H20ClN3/c1-2-19-7-9-20(10-8-19)12-14-11-13-5-3-4-6-15(13)18-16(14)17/h3-6,11H,2,7-10,12H2,1H3. The third-order valence-electron chi connectivity index (χ3n) is 4.06. The van der Waals surface area contributed by atoms with E-state index in [-0.39, 0.29) is 0 Å². The van der Waals surface area contributed by atoms with E-state index in [1.54, 1.807) is 0 Å². The van der Waals surface area contributed by atoms with Gasteiger partial charge in [0, 0.05) is 43.7 Å². The van der Waals surface area contributed by atoms with Crippen molar-refractivity contribution in [1.82, 2.24) is 14.8 Å². The Bertz CT molecular complexity index is 591. The largest absolute Gasteiger partial charge is 0.301 e. The molecule has 0 atom stereocenters. The van der Waals surface area contributed by atoms with Gasteiger partial charge in [-0.05, 0) is 18.7 Å². The molecule has 20 heavy (non-hydrogen) atoms. The highest BCUT2D eigenvalue weighted by molar-refractivity contribution is 6.30. The molecule has 0 amide bonds. The van der Waals surface area contributed by atoms with E-state index in [4.69, 9.17) is 11.6 Å². The predicted molar refractivity (Wildman–Crippen MR) is 84.1 cm³/mol. The zero-order chi connectivity index (χ0) is 13.9. The second-order valence-electron chi connectivity index (χ2n) is 5.34. The third-order valence-corrected chi connectivity index (χ3v) is 4.38. The van der Waals surface area contributed by atoms with Gasteiger partial charge in [0.2, 0.25) is 0 Å². The van der Waals surface area contributed by atoms with Crippen LogP contribution in [-0.2, 0) is 6.54 Å². The van der Waals surface area contributed by atoms with Crippen LogP contribution in [0.15, 0.2) is 30.3 Å². The molecule has 1 aliphatic rings.